The van der Waals surface area contributed by atoms with Crippen LogP contribution in [0.3, 0.4) is 0 Å². The molecule has 0 spiro atoms. The van der Waals surface area contributed by atoms with Crippen LogP contribution in [-0.4, -0.2) is 8.42 Å². The summed E-state index contributed by atoms with van der Waals surface area (Å²) in [4.78, 5) is 0.351. The number of benzene rings is 4. The first-order valence-electron chi connectivity index (χ1n) is 13.9. The Morgan fingerprint density at radius 1 is 0.585 bits per heavy atom. The summed E-state index contributed by atoms with van der Waals surface area (Å²) in [5.41, 5.74) is 15.7. The van der Waals surface area contributed by atoms with Crippen LogP contribution in [0.15, 0.2) is 89.8 Å². The first-order chi connectivity index (χ1) is 18.8. The van der Waals surface area contributed by atoms with Gasteiger partial charge in [-0.05, 0) is 92.0 Å². The molecule has 0 aliphatic carbocycles. The van der Waals surface area contributed by atoms with Crippen molar-refractivity contribution in [3.05, 3.63) is 135 Å². The van der Waals surface area contributed by atoms with Crippen LogP contribution in [0, 0.1) is 41.5 Å². The molecule has 0 unspecified atom stereocenters. The molecule has 3 N–H and O–H groups in total. The number of hydrogen-bond acceptors (Lipinski definition) is 3. The third kappa shape index (κ3) is 8.45. The van der Waals surface area contributed by atoms with Crippen LogP contribution < -0.4 is 10.5 Å². The van der Waals surface area contributed by atoms with E-state index >= 15 is 0 Å². The van der Waals surface area contributed by atoms with Crippen LogP contribution in [0.1, 0.15) is 81.9 Å². The van der Waals surface area contributed by atoms with Crippen LogP contribution >= 0.6 is 0 Å². The van der Waals surface area contributed by atoms with Gasteiger partial charge in [-0.1, -0.05) is 104 Å². The molecule has 41 heavy (non-hydrogen) atoms. The molecule has 0 bridgehead atoms. The van der Waals surface area contributed by atoms with E-state index in [4.69, 9.17) is 5.73 Å². The Morgan fingerprint density at radius 2 is 1.00 bits per heavy atom. The molecule has 0 fully saturated rings. The maximum atomic E-state index is 13.6. The van der Waals surface area contributed by atoms with Crippen molar-refractivity contribution in [1.82, 2.24) is 4.72 Å². The van der Waals surface area contributed by atoms with E-state index < -0.39 is 22.1 Å². The summed E-state index contributed by atoms with van der Waals surface area (Å²) >= 11 is 0. The molecular weight excluding hydrogens is 614 g/mol. The van der Waals surface area contributed by atoms with Gasteiger partial charge in [0.05, 0.1) is 17.0 Å². The molecule has 6 heteroatoms. The Morgan fingerprint density at radius 3 is 1.44 bits per heavy atom. The fourth-order valence-corrected chi connectivity index (χ4v) is 6.77. The molecule has 4 rings (SSSR count). The van der Waals surface area contributed by atoms with Gasteiger partial charge < -0.3 is 5.73 Å². The third-order valence-corrected chi connectivity index (χ3v) is 9.64. The molecule has 4 nitrogen and oxygen atoms in total. The van der Waals surface area contributed by atoms with E-state index in [0.717, 1.165) is 38.9 Å². The fraction of sp³-hybridized carbons (Fsp3) is 0.314. The van der Waals surface area contributed by atoms with E-state index in [-0.39, 0.29) is 19.5 Å². The quantitative estimate of drug-likeness (QED) is 0.198. The largest absolute Gasteiger partial charge is 0.322 e. The van der Waals surface area contributed by atoms with Crippen LogP contribution in [0.4, 0.5) is 0 Å². The Hall–Kier alpha value is -2.63. The molecule has 0 saturated heterocycles. The van der Waals surface area contributed by atoms with Gasteiger partial charge in [-0.25, -0.2) is 13.1 Å². The molecule has 0 saturated carbocycles. The summed E-state index contributed by atoms with van der Waals surface area (Å²) in [6.07, 6.45) is 0. The molecular formula is C35H44N2O2RuS. The average Bonchev–Trinajstić information content (AvgIpc) is 2.95. The predicted molar refractivity (Wildman–Crippen MR) is 168 cm³/mol. The van der Waals surface area contributed by atoms with Gasteiger partial charge in [0.15, 0.2) is 0 Å². The molecule has 4 aromatic carbocycles. The predicted octanol–water partition coefficient (Wildman–Crippen LogP) is 8.06. The van der Waals surface area contributed by atoms with Crippen molar-refractivity contribution in [3.63, 3.8) is 0 Å². The standard InChI is InChI=1S/C25H30N2O2S.C10H14.Ru/c1-16-17(2)19(4)25(20(5)18(16)3)30(28,29)27-24(22-14-10-7-11-15-22)23(26)21-12-8-6-9-13-21;1-8(2)10-6-4-9(3)5-7-10;/h6-15,23-24,27H,26H2,1-5H3;4-8H,1-3H3;/t23-,24-;;/m0../s1. The minimum Gasteiger partial charge on any atom is -0.322 e. The fourth-order valence-electron chi connectivity index (χ4n) is 4.92. The summed E-state index contributed by atoms with van der Waals surface area (Å²) in [6, 6.07) is 26.7. The van der Waals surface area contributed by atoms with Crippen molar-refractivity contribution in [2.24, 2.45) is 5.73 Å². The number of rotatable bonds is 7. The maximum absolute atomic E-state index is 13.6. The number of nitrogens with two attached hydrogens (primary N) is 1. The molecule has 0 amide bonds. The van der Waals surface area contributed by atoms with Crippen LogP contribution in [-0.2, 0) is 29.5 Å². The molecule has 2 atom stereocenters. The van der Waals surface area contributed by atoms with Gasteiger partial charge in [0.25, 0.3) is 0 Å². The van der Waals surface area contributed by atoms with Crippen molar-refractivity contribution < 1.29 is 27.9 Å². The van der Waals surface area contributed by atoms with Crippen LogP contribution in [0.25, 0.3) is 0 Å². The van der Waals surface area contributed by atoms with E-state index in [1.165, 1.54) is 11.1 Å². The Labute approximate surface area is 260 Å². The van der Waals surface area contributed by atoms with Gasteiger partial charge in [0, 0.05) is 19.5 Å². The molecule has 0 radical (unpaired) electrons. The monoisotopic (exact) mass is 658 g/mol. The summed E-state index contributed by atoms with van der Waals surface area (Å²) < 4.78 is 30.2. The smallest absolute Gasteiger partial charge is 0.241 e. The Kier molecular flexibility index (Phi) is 12.7. The van der Waals surface area contributed by atoms with Gasteiger partial charge in [0.1, 0.15) is 0 Å². The Bertz CT molecular complexity index is 1490. The zero-order valence-corrected chi connectivity index (χ0v) is 28.0. The third-order valence-electron chi connectivity index (χ3n) is 7.93. The van der Waals surface area contributed by atoms with Crippen molar-refractivity contribution in [1.29, 1.82) is 0 Å². The van der Waals surface area contributed by atoms with Crippen molar-refractivity contribution >= 4 is 10.0 Å². The number of nitrogens with one attached hydrogen (secondary N) is 1. The van der Waals surface area contributed by atoms with Crippen LogP contribution in [0.5, 0.6) is 0 Å². The van der Waals surface area contributed by atoms with E-state index in [2.05, 4.69) is 49.8 Å². The number of hydrogen-bond donors (Lipinski definition) is 2. The summed E-state index contributed by atoms with van der Waals surface area (Å²) in [5.74, 6) is 0.653. The molecule has 0 aliphatic rings. The van der Waals surface area contributed by atoms with E-state index in [0.29, 0.717) is 10.8 Å². The van der Waals surface area contributed by atoms with Gasteiger partial charge in [0.2, 0.25) is 10.0 Å². The summed E-state index contributed by atoms with van der Waals surface area (Å²) in [7, 11) is -3.81. The van der Waals surface area contributed by atoms with Gasteiger partial charge >= 0.3 is 0 Å². The normalized spacial score (nSPS) is 12.6. The van der Waals surface area contributed by atoms with Gasteiger partial charge in [-0.15, -0.1) is 0 Å². The van der Waals surface area contributed by atoms with Gasteiger partial charge in [-0.3, -0.25) is 0 Å². The average molecular weight is 658 g/mol. The number of sulfonamides is 1. The minimum atomic E-state index is -3.81. The first-order valence-corrected chi connectivity index (χ1v) is 15.3. The summed E-state index contributed by atoms with van der Waals surface area (Å²) in [5, 5.41) is 0. The number of aryl methyl sites for hydroxylation is 1. The van der Waals surface area contributed by atoms with Gasteiger partial charge in [-0.2, -0.15) is 0 Å². The van der Waals surface area contributed by atoms with E-state index in [9.17, 15) is 8.42 Å². The molecule has 0 heterocycles. The maximum Gasteiger partial charge on any atom is 0.241 e. The molecule has 220 valence electrons. The zero-order valence-electron chi connectivity index (χ0n) is 25.5. The Balaban J connectivity index is 0.000000452. The molecule has 0 aromatic heterocycles. The minimum absolute atomic E-state index is 0. The second-order valence-electron chi connectivity index (χ2n) is 11.0. The molecule has 0 aliphatic heterocycles. The SMILES string of the molecule is Cc1c(C)c(C)c(S(=O)(=O)N[C@@H](c2ccccc2)[C@@H](N)c2ccccc2)c(C)c1C.Cc1ccc(C(C)C)cc1.[Ru]. The summed E-state index contributed by atoms with van der Waals surface area (Å²) in [6.45, 7) is 16.3. The van der Waals surface area contributed by atoms with E-state index in [1.807, 2.05) is 95.3 Å². The second kappa shape index (κ2) is 15.0. The second-order valence-corrected chi connectivity index (χ2v) is 12.6. The van der Waals surface area contributed by atoms with Crippen molar-refractivity contribution in [2.45, 2.75) is 78.3 Å². The van der Waals surface area contributed by atoms with E-state index in [1.54, 1.807) is 0 Å². The first kappa shape index (κ1) is 34.6. The molecule has 4 aromatic rings. The van der Waals surface area contributed by atoms with Crippen molar-refractivity contribution in [3.8, 4) is 0 Å². The van der Waals surface area contributed by atoms with Crippen molar-refractivity contribution in [2.75, 3.05) is 0 Å². The van der Waals surface area contributed by atoms with Crippen LogP contribution in [0.2, 0.25) is 0 Å². The zero-order chi connectivity index (χ0) is 29.6. The topological polar surface area (TPSA) is 72.2 Å².